The van der Waals surface area contributed by atoms with Gasteiger partial charge in [0.1, 0.15) is 8.24 Å². The van der Waals surface area contributed by atoms with Crippen LogP contribution in [0.4, 0.5) is 0 Å². The second-order valence-electron chi connectivity index (χ2n) is 6.29. The lowest BCUT2D eigenvalue weighted by atomic mass is 10.3. The summed E-state index contributed by atoms with van der Waals surface area (Å²) < 4.78 is 4.25. The Balaban J connectivity index is 4.95. The number of nitrogens with one attached hydrogen (secondary N) is 3. The summed E-state index contributed by atoms with van der Waals surface area (Å²) in [6, 6.07) is 5.27. The molecule has 0 saturated heterocycles. The molecule has 5 heteroatoms. The fourth-order valence-electron chi connectivity index (χ4n) is 2.91. The summed E-state index contributed by atoms with van der Waals surface area (Å²) in [6.45, 7) is 16.4. The van der Waals surface area contributed by atoms with Crippen molar-refractivity contribution in [2.45, 2.75) is 91.4 Å². The topological polar surface area (TPSA) is 36.1 Å². The first-order valence-corrected chi connectivity index (χ1v) is 14.2. The molecule has 0 rings (SSSR count). The lowest BCUT2D eigenvalue weighted by Crippen LogP contribution is -2.78. The zero-order chi connectivity index (χ0) is 16.2. The zero-order valence-corrected chi connectivity index (χ0v) is 17.6. The maximum Gasteiger partial charge on any atom is 0.274 e. The predicted molar refractivity (Wildman–Crippen MR) is 102 cm³/mol. The van der Waals surface area contributed by atoms with Gasteiger partial charge in [-0.1, -0.05) is 54.4 Å². The Morgan fingerprint density at radius 3 is 1.33 bits per heavy atom. The minimum Gasteiger partial charge on any atom is -0.335 e. The molecule has 0 aliphatic heterocycles. The van der Waals surface area contributed by atoms with E-state index in [9.17, 15) is 0 Å². The lowest BCUT2D eigenvalue weighted by Gasteiger charge is -2.42. The van der Waals surface area contributed by atoms with E-state index in [0.717, 1.165) is 13.1 Å². The highest BCUT2D eigenvalue weighted by Crippen LogP contribution is 2.19. The zero-order valence-electron chi connectivity index (χ0n) is 15.6. The monoisotopic (exact) mass is 331 g/mol. The van der Waals surface area contributed by atoms with Crippen molar-refractivity contribution in [3.05, 3.63) is 0 Å². The van der Waals surface area contributed by atoms with Crippen molar-refractivity contribution in [2.24, 2.45) is 0 Å². The van der Waals surface area contributed by atoms with Gasteiger partial charge in [0, 0.05) is 0 Å². The number of hydrogen-bond donors (Lipinski definition) is 3. The Bertz CT molecular complexity index is 227. The van der Waals surface area contributed by atoms with Crippen molar-refractivity contribution >= 4 is 16.8 Å². The lowest BCUT2D eigenvalue weighted by molar-refractivity contribution is 0.688. The molecule has 0 heterocycles. The quantitative estimate of drug-likeness (QED) is 0.328. The normalized spacial score (nSPS) is 12.9. The van der Waals surface area contributed by atoms with Gasteiger partial charge in [-0.2, -0.15) is 0 Å². The molecule has 128 valence electrons. The SMILES string of the molecule is CCCCN[Si](CC)(NCCCC)N[Si](CC)(CC)CC. The molecule has 0 spiro atoms. The van der Waals surface area contributed by atoms with Gasteiger partial charge in [0.25, 0.3) is 8.56 Å². The van der Waals surface area contributed by atoms with Gasteiger partial charge in [-0.3, -0.25) is 0 Å². The van der Waals surface area contributed by atoms with Crippen molar-refractivity contribution in [1.82, 2.24) is 14.6 Å². The van der Waals surface area contributed by atoms with Gasteiger partial charge in [0.2, 0.25) is 0 Å². The summed E-state index contributed by atoms with van der Waals surface area (Å²) in [5.74, 6) is 0. The van der Waals surface area contributed by atoms with Gasteiger partial charge >= 0.3 is 0 Å². The summed E-state index contributed by atoms with van der Waals surface area (Å²) in [7, 11) is -3.04. The fourth-order valence-corrected chi connectivity index (χ4v) is 13.4. The first kappa shape index (κ1) is 21.3. The van der Waals surface area contributed by atoms with Crippen molar-refractivity contribution in [2.75, 3.05) is 13.1 Å². The van der Waals surface area contributed by atoms with Gasteiger partial charge in [-0.25, -0.2) is 0 Å². The molecule has 3 nitrogen and oxygen atoms in total. The second-order valence-corrected chi connectivity index (χ2v) is 15.2. The van der Waals surface area contributed by atoms with Crippen molar-refractivity contribution in [3.63, 3.8) is 0 Å². The van der Waals surface area contributed by atoms with Crippen LogP contribution in [0, 0.1) is 0 Å². The largest absolute Gasteiger partial charge is 0.335 e. The molecule has 0 atom stereocenters. The number of rotatable bonds is 14. The van der Waals surface area contributed by atoms with Crippen LogP contribution in [-0.2, 0) is 0 Å². The molecule has 0 aromatic heterocycles. The Labute approximate surface area is 136 Å². The van der Waals surface area contributed by atoms with E-state index in [1.807, 2.05) is 0 Å². The highest BCUT2D eigenvalue weighted by molar-refractivity contribution is 6.91. The first-order valence-electron chi connectivity index (χ1n) is 9.36. The van der Waals surface area contributed by atoms with Crippen LogP contribution < -0.4 is 14.6 Å². The van der Waals surface area contributed by atoms with E-state index < -0.39 is 16.8 Å². The first-order chi connectivity index (χ1) is 10.1. The maximum atomic E-state index is 4.25. The molecule has 0 saturated carbocycles. The van der Waals surface area contributed by atoms with Gasteiger partial charge in [-0.15, -0.1) is 0 Å². The molecule has 3 N–H and O–H groups in total. The van der Waals surface area contributed by atoms with Crippen LogP contribution in [-0.4, -0.2) is 29.9 Å². The summed E-state index contributed by atoms with van der Waals surface area (Å²) in [4.78, 5) is 7.90. The predicted octanol–water partition coefficient (Wildman–Crippen LogP) is 4.32. The van der Waals surface area contributed by atoms with E-state index in [-0.39, 0.29) is 0 Å². The molecule has 0 fully saturated rings. The van der Waals surface area contributed by atoms with Crippen molar-refractivity contribution in [1.29, 1.82) is 0 Å². The van der Waals surface area contributed by atoms with Crippen LogP contribution in [0.15, 0.2) is 0 Å². The van der Waals surface area contributed by atoms with E-state index in [4.69, 9.17) is 0 Å². The van der Waals surface area contributed by atoms with E-state index in [2.05, 4.69) is 56.2 Å². The van der Waals surface area contributed by atoms with Gasteiger partial charge in [0.15, 0.2) is 0 Å². The van der Waals surface area contributed by atoms with Crippen molar-refractivity contribution < 1.29 is 0 Å². The van der Waals surface area contributed by atoms with Gasteiger partial charge in [-0.05, 0) is 50.1 Å². The van der Waals surface area contributed by atoms with Crippen LogP contribution >= 0.6 is 0 Å². The molecule has 0 aromatic carbocycles. The van der Waals surface area contributed by atoms with Gasteiger partial charge < -0.3 is 14.6 Å². The Morgan fingerprint density at radius 2 is 1.05 bits per heavy atom. The summed E-state index contributed by atoms with van der Waals surface area (Å²) >= 11 is 0. The third-order valence-electron chi connectivity index (χ3n) is 4.95. The maximum absolute atomic E-state index is 4.25. The van der Waals surface area contributed by atoms with Crippen LogP contribution in [0.2, 0.25) is 24.2 Å². The summed E-state index contributed by atoms with van der Waals surface area (Å²) in [5.41, 5.74) is 0. The third-order valence-corrected chi connectivity index (χ3v) is 15.6. The average molecular weight is 332 g/mol. The smallest absolute Gasteiger partial charge is 0.274 e. The fraction of sp³-hybridized carbons (Fsp3) is 1.00. The molecule has 0 unspecified atom stereocenters. The summed E-state index contributed by atoms with van der Waals surface area (Å²) in [5, 5.41) is 0. The molecule has 21 heavy (non-hydrogen) atoms. The van der Waals surface area contributed by atoms with Crippen LogP contribution in [0.25, 0.3) is 0 Å². The highest BCUT2D eigenvalue weighted by atomic mass is 28.4. The van der Waals surface area contributed by atoms with E-state index in [1.165, 1.54) is 49.9 Å². The molecule has 0 aliphatic carbocycles. The molecule has 0 aromatic rings. The Morgan fingerprint density at radius 1 is 0.619 bits per heavy atom. The van der Waals surface area contributed by atoms with Crippen LogP contribution in [0.3, 0.4) is 0 Å². The molecule has 0 aliphatic rings. The van der Waals surface area contributed by atoms with E-state index in [0.29, 0.717) is 0 Å². The van der Waals surface area contributed by atoms with Crippen LogP contribution in [0.1, 0.15) is 67.2 Å². The van der Waals surface area contributed by atoms with Gasteiger partial charge in [0.05, 0.1) is 0 Å². The van der Waals surface area contributed by atoms with E-state index in [1.54, 1.807) is 0 Å². The molecule has 0 radical (unpaired) electrons. The average Bonchev–Trinajstić information content (AvgIpc) is 2.53. The number of hydrogen-bond acceptors (Lipinski definition) is 3. The molecule has 0 amide bonds. The third kappa shape index (κ3) is 7.41. The highest BCUT2D eigenvalue weighted by Gasteiger charge is 2.40. The summed E-state index contributed by atoms with van der Waals surface area (Å²) in [6.07, 6.45) is 5.11. The minimum absolute atomic E-state index is 1.16. The van der Waals surface area contributed by atoms with Crippen LogP contribution in [0.5, 0.6) is 0 Å². The standard InChI is InChI=1S/C16H41N3Si2/c1-7-13-15-17-21(12-6,18-16-14-8-2)19-20(9-3,10-4)11-5/h17-19H,7-16H2,1-6H3. The Hall–Kier alpha value is 0.314. The molecular weight excluding hydrogens is 290 g/mol. The second kappa shape index (κ2) is 11.8. The minimum atomic E-state index is -1.73. The molecular formula is C16H41N3Si2. The Kier molecular flexibility index (Phi) is 12.0. The number of unbranched alkanes of at least 4 members (excludes halogenated alkanes) is 2. The van der Waals surface area contributed by atoms with Crippen molar-refractivity contribution in [3.8, 4) is 0 Å². The van der Waals surface area contributed by atoms with E-state index >= 15 is 0 Å². The molecule has 0 bridgehead atoms.